The second-order valence-corrected chi connectivity index (χ2v) is 6.73. The van der Waals surface area contributed by atoms with E-state index < -0.39 is 10.8 Å². The van der Waals surface area contributed by atoms with Gasteiger partial charge in [0.25, 0.3) is 11.6 Å². The van der Waals surface area contributed by atoms with E-state index in [0.717, 1.165) is 38.8 Å². The Balaban J connectivity index is 1.60. The van der Waals surface area contributed by atoms with Gasteiger partial charge in [0.2, 0.25) is 5.91 Å². The summed E-state index contributed by atoms with van der Waals surface area (Å²) in [6.45, 7) is 1.74. The molecule has 28 heavy (non-hydrogen) atoms. The van der Waals surface area contributed by atoms with E-state index in [1.165, 1.54) is 35.3 Å². The van der Waals surface area contributed by atoms with E-state index in [1.807, 2.05) is 4.90 Å². The van der Waals surface area contributed by atoms with Gasteiger partial charge in [0, 0.05) is 50.1 Å². The van der Waals surface area contributed by atoms with E-state index in [-0.39, 0.29) is 30.1 Å². The second-order valence-electron chi connectivity index (χ2n) is 6.73. The molecule has 1 aromatic heterocycles. The van der Waals surface area contributed by atoms with Crippen molar-refractivity contribution < 1.29 is 14.5 Å². The lowest BCUT2D eigenvalue weighted by molar-refractivity contribution is -0.384. The molecule has 1 N–H and O–H groups in total. The summed E-state index contributed by atoms with van der Waals surface area (Å²) >= 11 is 0. The molecule has 148 valence electrons. The fourth-order valence-corrected chi connectivity index (χ4v) is 3.29. The van der Waals surface area contributed by atoms with Crippen LogP contribution in [0.3, 0.4) is 0 Å². The van der Waals surface area contributed by atoms with Gasteiger partial charge in [-0.1, -0.05) is 12.8 Å². The number of amides is 2. The van der Waals surface area contributed by atoms with Crippen molar-refractivity contribution in [1.82, 2.24) is 19.8 Å². The van der Waals surface area contributed by atoms with E-state index in [9.17, 15) is 19.7 Å². The molecule has 2 aromatic rings. The smallest absolute Gasteiger partial charge is 0.294 e. The summed E-state index contributed by atoms with van der Waals surface area (Å²) in [6, 6.07) is 4.27. The molecular weight excluding hydrogens is 362 g/mol. The molecule has 1 saturated heterocycles. The average molecular weight is 385 g/mol. The van der Waals surface area contributed by atoms with Crippen LogP contribution < -0.4 is 5.32 Å². The molecule has 3 rings (SSSR count). The van der Waals surface area contributed by atoms with Crippen LogP contribution >= 0.6 is 0 Å². The van der Waals surface area contributed by atoms with E-state index in [2.05, 4.69) is 10.3 Å². The zero-order chi connectivity index (χ0) is 19.9. The molecule has 2 heterocycles. The van der Waals surface area contributed by atoms with Crippen molar-refractivity contribution in [2.75, 3.05) is 19.6 Å². The number of nitro benzene ring substituents is 1. The van der Waals surface area contributed by atoms with Crippen molar-refractivity contribution in [2.24, 2.45) is 0 Å². The van der Waals surface area contributed by atoms with Crippen molar-refractivity contribution in [3.05, 3.63) is 52.6 Å². The van der Waals surface area contributed by atoms with Crippen LogP contribution in [0.25, 0.3) is 5.69 Å². The zero-order valence-corrected chi connectivity index (χ0v) is 15.5. The van der Waals surface area contributed by atoms with Crippen molar-refractivity contribution in [2.45, 2.75) is 32.1 Å². The van der Waals surface area contributed by atoms with Gasteiger partial charge in [-0.2, -0.15) is 0 Å². The molecule has 9 nitrogen and oxygen atoms in total. The summed E-state index contributed by atoms with van der Waals surface area (Å²) < 4.78 is 1.51. The van der Waals surface area contributed by atoms with Gasteiger partial charge in [-0.25, -0.2) is 4.98 Å². The molecule has 0 radical (unpaired) electrons. The van der Waals surface area contributed by atoms with Crippen molar-refractivity contribution in [3.63, 3.8) is 0 Å². The first-order valence-corrected chi connectivity index (χ1v) is 9.39. The third-order valence-electron chi connectivity index (χ3n) is 4.80. The van der Waals surface area contributed by atoms with Crippen molar-refractivity contribution in [3.8, 4) is 5.69 Å². The second kappa shape index (κ2) is 9.12. The van der Waals surface area contributed by atoms with Crippen LogP contribution in [0.4, 0.5) is 5.69 Å². The maximum absolute atomic E-state index is 12.4. The quantitative estimate of drug-likeness (QED) is 0.606. The Hall–Kier alpha value is -3.23. The monoisotopic (exact) mass is 385 g/mol. The highest BCUT2D eigenvalue weighted by Gasteiger charge is 2.19. The normalized spacial score (nSPS) is 14.4. The molecule has 0 atom stereocenters. The lowest BCUT2D eigenvalue weighted by Gasteiger charge is -2.20. The Morgan fingerprint density at radius 1 is 1.18 bits per heavy atom. The molecule has 0 spiro atoms. The minimum Gasteiger partial charge on any atom is -0.352 e. The van der Waals surface area contributed by atoms with Crippen LogP contribution in [-0.2, 0) is 4.79 Å². The molecule has 0 aliphatic carbocycles. The highest BCUT2D eigenvalue weighted by atomic mass is 16.6. The van der Waals surface area contributed by atoms with Crippen LogP contribution in [-0.4, -0.2) is 50.8 Å². The summed E-state index contributed by atoms with van der Waals surface area (Å²) in [4.78, 5) is 41.2. The predicted molar refractivity (Wildman–Crippen MR) is 102 cm³/mol. The van der Waals surface area contributed by atoms with Crippen LogP contribution in [0.2, 0.25) is 0 Å². The predicted octanol–water partition coefficient (Wildman–Crippen LogP) is 2.30. The number of rotatable bonds is 6. The summed E-state index contributed by atoms with van der Waals surface area (Å²) in [7, 11) is 0. The number of likely N-dealkylation sites (tertiary alicyclic amines) is 1. The highest BCUT2D eigenvalue weighted by molar-refractivity contribution is 5.95. The summed E-state index contributed by atoms with van der Waals surface area (Å²) in [5, 5.41) is 14.1. The fraction of sp³-hybridized carbons (Fsp3) is 0.421. The molecule has 1 aliphatic rings. The molecule has 0 saturated carbocycles. The number of benzene rings is 1. The van der Waals surface area contributed by atoms with Gasteiger partial charge in [0.1, 0.15) is 5.69 Å². The number of nitrogens with zero attached hydrogens (tertiary/aromatic N) is 4. The summed E-state index contributed by atoms with van der Waals surface area (Å²) in [5.74, 6) is -0.410. The van der Waals surface area contributed by atoms with Gasteiger partial charge in [-0.3, -0.25) is 19.7 Å². The topological polar surface area (TPSA) is 110 Å². The molecule has 0 bridgehead atoms. The van der Waals surface area contributed by atoms with E-state index in [0.29, 0.717) is 5.69 Å². The van der Waals surface area contributed by atoms with Gasteiger partial charge in [-0.15, -0.1) is 0 Å². The molecular formula is C19H23N5O4. The fourth-order valence-electron chi connectivity index (χ4n) is 3.29. The van der Waals surface area contributed by atoms with Gasteiger partial charge in [0.15, 0.2) is 0 Å². The van der Waals surface area contributed by atoms with E-state index in [4.69, 9.17) is 0 Å². The Kier molecular flexibility index (Phi) is 6.36. The van der Waals surface area contributed by atoms with Crippen LogP contribution in [0.5, 0.6) is 0 Å². The number of carbonyl (C=O) groups excluding carboxylic acids is 2. The van der Waals surface area contributed by atoms with Crippen LogP contribution in [0.15, 0.2) is 36.9 Å². The Morgan fingerprint density at radius 3 is 2.57 bits per heavy atom. The third kappa shape index (κ3) is 4.73. The lowest BCUT2D eigenvalue weighted by atomic mass is 10.1. The number of hydrogen-bond donors (Lipinski definition) is 1. The van der Waals surface area contributed by atoms with Gasteiger partial charge >= 0.3 is 0 Å². The number of hydrogen-bond acceptors (Lipinski definition) is 5. The largest absolute Gasteiger partial charge is 0.352 e. The third-order valence-corrected chi connectivity index (χ3v) is 4.80. The number of nitrogens with one attached hydrogen (secondary N) is 1. The zero-order valence-electron chi connectivity index (χ0n) is 15.5. The van der Waals surface area contributed by atoms with Crippen molar-refractivity contribution in [1.29, 1.82) is 0 Å². The first-order chi connectivity index (χ1) is 13.6. The maximum atomic E-state index is 12.4. The minimum atomic E-state index is -0.533. The van der Waals surface area contributed by atoms with Gasteiger partial charge in [-0.05, 0) is 25.0 Å². The molecule has 1 aliphatic heterocycles. The van der Waals surface area contributed by atoms with Gasteiger partial charge in [0.05, 0.1) is 11.3 Å². The molecule has 1 aromatic carbocycles. The molecule has 2 amide bonds. The van der Waals surface area contributed by atoms with E-state index >= 15 is 0 Å². The standard InChI is InChI=1S/C19H23N5O4/c25-18(22-10-3-1-2-4-11-22)7-8-21-19(26)15-5-6-16(17(13-15)24(27)28)23-12-9-20-14-23/h5-6,9,12-14H,1-4,7-8,10-11H2,(H,21,26). The lowest BCUT2D eigenvalue weighted by Crippen LogP contribution is -2.35. The summed E-state index contributed by atoms with van der Waals surface area (Å²) in [6.07, 6.45) is 9.12. The maximum Gasteiger partial charge on any atom is 0.294 e. The number of nitro groups is 1. The van der Waals surface area contributed by atoms with Gasteiger partial charge < -0.3 is 14.8 Å². The first-order valence-electron chi connectivity index (χ1n) is 9.39. The van der Waals surface area contributed by atoms with Crippen molar-refractivity contribution >= 4 is 17.5 Å². The minimum absolute atomic E-state index is 0.0311. The number of carbonyl (C=O) groups is 2. The molecule has 9 heteroatoms. The Bertz CT molecular complexity index is 842. The number of aromatic nitrogens is 2. The van der Waals surface area contributed by atoms with Crippen LogP contribution in [0.1, 0.15) is 42.5 Å². The first kappa shape index (κ1) is 19.5. The Labute approximate surface area is 162 Å². The van der Waals surface area contributed by atoms with Crippen LogP contribution in [0, 0.1) is 10.1 Å². The highest BCUT2D eigenvalue weighted by Crippen LogP contribution is 2.24. The SMILES string of the molecule is O=C(NCCC(=O)N1CCCCCC1)c1ccc(-n2ccnc2)c([N+](=O)[O-])c1. The molecule has 0 unspecified atom stereocenters. The number of imidazole rings is 1. The average Bonchev–Trinajstić information content (AvgIpc) is 3.09. The molecule has 1 fully saturated rings. The van der Waals surface area contributed by atoms with E-state index in [1.54, 1.807) is 6.20 Å². The summed E-state index contributed by atoms with van der Waals surface area (Å²) in [5.41, 5.74) is 0.319. The Morgan fingerprint density at radius 2 is 1.93 bits per heavy atom.